The minimum atomic E-state index is -4.61. The third-order valence-electron chi connectivity index (χ3n) is 3.31. The number of nitrogens with zero attached hydrogens (tertiary/aromatic N) is 4. The molecule has 0 aliphatic carbocycles. The second kappa shape index (κ2) is 6.62. The summed E-state index contributed by atoms with van der Waals surface area (Å²) in [6, 6.07) is 6.38. The van der Waals surface area contributed by atoms with Crippen molar-refractivity contribution in [3.05, 3.63) is 41.9 Å². The lowest BCUT2D eigenvalue weighted by atomic mass is 10.3. The second-order valence-corrected chi connectivity index (χ2v) is 5.59. The highest BCUT2D eigenvalue weighted by molar-refractivity contribution is 5.90. The van der Waals surface area contributed by atoms with E-state index in [2.05, 4.69) is 20.4 Å². The lowest BCUT2D eigenvalue weighted by molar-refractivity contribution is -0.150. The highest BCUT2D eigenvalue weighted by Crippen LogP contribution is 2.23. The number of amides is 1. The van der Waals surface area contributed by atoms with Gasteiger partial charge in [0.2, 0.25) is 5.91 Å². The molecule has 0 spiro atoms. The van der Waals surface area contributed by atoms with Crippen molar-refractivity contribution in [3.8, 4) is 17.4 Å². The van der Waals surface area contributed by atoms with Crippen molar-refractivity contribution in [2.45, 2.75) is 26.4 Å². The Morgan fingerprint density at radius 2 is 2.04 bits per heavy atom. The maximum atomic E-state index is 12.4. The molecule has 26 heavy (non-hydrogen) atoms. The maximum absolute atomic E-state index is 12.4. The van der Waals surface area contributed by atoms with Crippen LogP contribution in [0.25, 0.3) is 17.4 Å². The molecule has 0 unspecified atom stereocenters. The summed E-state index contributed by atoms with van der Waals surface area (Å²) in [6.07, 6.45) is -4.81. The molecule has 0 fully saturated rings. The van der Waals surface area contributed by atoms with Crippen LogP contribution in [0.4, 0.5) is 19.0 Å². The van der Waals surface area contributed by atoms with Crippen LogP contribution in [0.2, 0.25) is 0 Å². The van der Waals surface area contributed by atoms with Gasteiger partial charge in [-0.2, -0.15) is 18.3 Å². The van der Waals surface area contributed by atoms with Gasteiger partial charge in [0.1, 0.15) is 12.2 Å². The van der Waals surface area contributed by atoms with Crippen LogP contribution in [0.5, 0.6) is 0 Å². The predicted molar refractivity (Wildman–Crippen MR) is 85.6 cm³/mol. The van der Waals surface area contributed by atoms with Gasteiger partial charge in [-0.15, -0.1) is 0 Å². The van der Waals surface area contributed by atoms with Gasteiger partial charge in [0.05, 0.1) is 12.0 Å². The minimum Gasteiger partial charge on any atom is -0.461 e. The molecule has 0 saturated heterocycles. The number of rotatable bonds is 4. The molecule has 1 amide bonds. The summed E-state index contributed by atoms with van der Waals surface area (Å²) < 4.78 is 43.9. The van der Waals surface area contributed by atoms with E-state index in [-0.39, 0.29) is 11.6 Å². The first-order valence-electron chi connectivity index (χ1n) is 7.54. The Bertz CT molecular complexity index is 932. The summed E-state index contributed by atoms with van der Waals surface area (Å²) in [5.41, 5.74) is 1.50. The van der Waals surface area contributed by atoms with Crippen molar-refractivity contribution in [1.82, 2.24) is 19.7 Å². The lowest BCUT2D eigenvalue weighted by Crippen LogP contribution is -2.22. The molecule has 3 aromatic rings. The van der Waals surface area contributed by atoms with E-state index < -0.39 is 18.5 Å². The zero-order valence-corrected chi connectivity index (χ0v) is 13.8. The molecule has 7 nitrogen and oxygen atoms in total. The van der Waals surface area contributed by atoms with Gasteiger partial charge in [-0.3, -0.25) is 4.79 Å². The molecule has 3 rings (SSSR count). The number of hydrogen-bond acceptors (Lipinski definition) is 5. The fourth-order valence-electron chi connectivity index (χ4n) is 2.35. The van der Waals surface area contributed by atoms with Crippen LogP contribution in [0, 0.1) is 13.8 Å². The summed E-state index contributed by atoms with van der Waals surface area (Å²) >= 11 is 0. The van der Waals surface area contributed by atoms with E-state index in [1.54, 1.807) is 26.0 Å². The molecule has 0 atom stereocenters. The van der Waals surface area contributed by atoms with Gasteiger partial charge in [-0.05, 0) is 32.0 Å². The van der Waals surface area contributed by atoms with Gasteiger partial charge < -0.3 is 9.73 Å². The van der Waals surface area contributed by atoms with E-state index >= 15 is 0 Å². The van der Waals surface area contributed by atoms with Gasteiger partial charge in [0.15, 0.2) is 17.4 Å². The first-order chi connectivity index (χ1) is 12.2. The van der Waals surface area contributed by atoms with Crippen molar-refractivity contribution in [2.75, 3.05) is 5.32 Å². The summed E-state index contributed by atoms with van der Waals surface area (Å²) in [4.78, 5) is 20.0. The number of halogens is 3. The fourth-order valence-corrected chi connectivity index (χ4v) is 2.35. The molecule has 0 radical (unpaired) electrons. The molecular weight excluding hydrogens is 351 g/mol. The van der Waals surface area contributed by atoms with Crippen LogP contribution >= 0.6 is 0 Å². The third-order valence-corrected chi connectivity index (χ3v) is 3.31. The number of carbonyl (C=O) groups is 1. The van der Waals surface area contributed by atoms with E-state index in [0.29, 0.717) is 11.6 Å². The number of nitrogens with one attached hydrogen (secondary N) is 1. The summed E-state index contributed by atoms with van der Waals surface area (Å²) in [5.74, 6) is -0.592. The largest absolute Gasteiger partial charge is 0.461 e. The van der Waals surface area contributed by atoms with Crippen molar-refractivity contribution in [1.29, 1.82) is 0 Å². The number of furan rings is 1. The first kappa shape index (κ1) is 17.6. The number of aryl methyl sites for hydroxylation is 2. The van der Waals surface area contributed by atoms with E-state index in [4.69, 9.17) is 4.42 Å². The average Bonchev–Trinajstić information content (AvgIpc) is 3.14. The molecule has 0 aromatic carbocycles. The van der Waals surface area contributed by atoms with Gasteiger partial charge in [-0.25, -0.2) is 14.6 Å². The summed E-state index contributed by atoms with van der Waals surface area (Å²) in [7, 11) is 0. The molecule has 10 heteroatoms. The Labute approximate surface area is 145 Å². The Morgan fingerprint density at radius 3 is 2.62 bits per heavy atom. The van der Waals surface area contributed by atoms with Crippen LogP contribution in [0.15, 0.2) is 34.9 Å². The number of carbonyl (C=O) groups excluding carboxylic acids is 1. The van der Waals surface area contributed by atoms with Crippen LogP contribution in [-0.4, -0.2) is 31.8 Å². The lowest BCUT2D eigenvalue weighted by Gasteiger charge is -2.10. The normalized spacial score (nSPS) is 11.6. The van der Waals surface area contributed by atoms with Crippen LogP contribution in [0.1, 0.15) is 17.8 Å². The fraction of sp³-hybridized carbons (Fsp3) is 0.250. The molecule has 0 aliphatic rings. The molecular formula is C16H14F3N5O2. The third kappa shape index (κ3) is 4.08. The predicted octanol–water partition coefficient (Wildman–Crippen LogP) is 3.43. The van der Waals surface area contributed by atoms with E-state index in [0.717, 1.165) is 11.4 Å². The van der Waals surface area contributed by atoms with Crippen molar-refractivity contribution >= 4 is 11.7 Å². The molecule has 0 aliphatic heterocycles. The highest BCUT2D eigenvalue weighted by atomic mass is 19.4. The number of aromatic nitrogens is 4. The van der Waals surface area contributed by atoms with Gasteiger partial charge in [-0.1, -0.05) is 0 Å². The smallest absolute Gasteiger partial charge is 0.397 e. The summed E-state index contributed by atoms with van der Waals surface area (Å²) in [5, 5.41) is 6.43. The second-order valence-electron chi connectivity index (χ2n) is 5.59. The zero-order valence-electron chi connectivity index (χ0n) is 13.8. The topological polar surface area (TPSA) is 85.8 Å². The van der Waals surface area contributed by atoms with E-state index in [1.807, 2.05) is 6.07 Å². The van der Waals surface area contributed by atoms with E-state index in [1.165, 1.54) is 17.0 Å². The number of hydrogen-bond donors (Lipinski definition) is 1. The monoisotopic (exact) mass is 365 g/mol. The number of alkyl halides is 3. The van der Waals surface area contributed by atoms with Gasteiger partial charge in [0.25, 0.3) is 0 Å². The molecule has 0 bridgehead atoms. The zero-order chi connectivity index (χ0) is 18.9. The Balaban J connectivity index is 2.01. The minimum absolute atomic E-state index is 0.0804. The highest BCUT2D eigenvalue weighted by Gasteiger charge is 2.31. The maximum Gasteiger partial charge on any atom is 0.397 e. The quantitative estimate of drug-likeness (QED) is 0.766. The molecule has 3 heterocycles. The van der Waals surface area contributed by atoms with Crippen molar-refractivity contribution < 1.29 is 22.4 Å². The van der Waals surface area contributed by atoms with Gasteiger partial charge >= 0.3 is 6.18 Å². The van der Waals surface area contributed by atoms with Gasteiger partial charge in [0, 0.05) is 11.8 Å². The Hall–Kier alpha value is -3.17. The summed E-state index contributed by atoms with van der Waals surface area (Å²) in [6.45, 7) is 3.60. The van der Waals surface area contributed by atoms with Crippen molar-refractivity contribution in [2.24, 2.45) is 0 Å². The Kier molecular flexibility index (Phi) is 4.49. The molecule has 3 aromatic heterocycles. The SMILES string of the molecule is Cc1cc(C)n(-c2cc(NC(=O)CC(F)(F)F)nc(-c3ccco3)n2)n1. The standard InChI is InChI=1S/C16H14F3N5O2/c1-9-6-10(2)24(23-9)13-7-12(20-14(25)8-16(17,18)19)21-15(22-13)11-4-3-5-26-11/h3-7H,8H2,1-2H3,(H,20,21,22,25). The molecule has 0 saturated carbocycles. The van der Waals surface area contributed by atoms with Crippen LogP contribution < -0.4 is 5.32 Å². The Morgan fingerprint density at radius 1 is 1.27 bits per heavy atom. The van der Waals surface area contributed by atoms with Crippen LogP contribution in [0.3, 0.4) is 0 Å². The first-order valence-corrected chi connectivity index (χ1v) is 7.54. The average molecular weight is 365 g/mol. The molecule has 136 valence electrons. The van der Waals surface area contributed by atoms with E-state index in [9.17, 15) is 18.0 Å². The number of anilines is 1. The van der Waals surface area contributed by atoms with Crippen molar-refractivity contribution in [3.63, 3.8) is 0 Å². The molecule has 1 N–H and O–H groups in total. The van der Waals surface area contributed by atoms with Crippen LogP contribution in [-0.2, 0) is 4.79 Å².